The molecule has 6 nitrogen and oxygen atoms in total. The van der Waals surface area contributed by atoms with Crippen molar-refractivity contribution in [3.8, 4) is 0 Å². The van der Waals surface area contributed by atoms with Crippen LogP contribution in [0.15, 0.2) is 30.3 Å². The first kappa shape index (κ1) is 30.0. The van der Waals surface area contributed by atoms with Crippen LogP contribution >= 0.6 is 0 Å². The van der Waals surface area contributed by atoms with Crippen molar-refractivity contribution in [2.24, 2.45) is 0 Å². The monoisotopic (exact) mass is 476 g/mol. The molecule has 0 bridgehead atoms. The van der Waals surface area contributed by atoms with E-state index in [1.165, 1.54) is 64.2 Å². The molecule has 2 amide bonds. The van der Waals surface area contributed by atoms with Crippen LogP contribution in [-0.4, -0.2) is 36.3 Å². The predicted molar refractivity (Wildman–Crippen MR) is 139 cm³/mol. The number of alkyl carbamates (subject to hydrolysis) is 1. The van der Waals surface area contributed by atoms with Crippen LogP contribution in [0.2, 0.25) is 0 Å². The quantitative estimate of drug-likeness (QED) is 0.183. The lowest BCUT2D eigenvalue weighted by Crippen LogP contribution is -2.47. The Morgan fingerprint density at radius 1 is 0.824 bits per heavy atom. The molecule has 0 aliphatic heterocycles. The Labute approximate surface area is 207 Å². The van der Waals surface area contributed by atoms with Crippen LogP contribution in [0.1, 0.15) is 109 Å². The van der Waals surface area contributed by atoms with Gasteiger partial charge >= 0.3 is 6.09 Å². The SMILES string of the molecule is CCCCCCCCCCCCCCC[C@H](NC(=O)OCc1ccccc1)C(=O)NCCCO. The molecule has 0 spiro atoms. The molecule has 0 aliphatic carbocycles. The molecule has 0 saturated heterocycles. The van der Waals surface area contributed by atoms with Crippen LogP contribution in [0.25, 0.3) is 0 Å². The Balaban J connectivity index is 2.21. The van der Waals surface area contributed by atoms with Crippen molar-refractivity contribution in [3.05, 3.63) is 35.9 Å². The van der Waals surface area contributed by atoms with Crippen molar-refractivity contribution in [1.82, 2.24) is 10.6 Å². The van der Waals surface area contributed by atoms with Gasteiger partial charge in [0.2, 0.25) is 5.91 Å². The summed E-state index contributed by atoms with van der Waals surface area (Å²) in [5.41, 5.74) is 0.901. The highest BCUT2D eigenvalue weighted by molar-refractivity contribution is 5.85. The first-order valence-corrected chi connectivity index (χ1v) is 13.5. The summed E-state index contributed by atoms with van der Waals surface area (Å²) in [5, 5.41) is 14.4. The molecule has 0 saturated carbocycles. The van der Waals surface area contributed by atoms with Crippen molar-refractivity contribution in [2.45, 2.75) is 116 Å². The van der Waals surface area contributed by atoms with Crippen molar-refractivity contribution in [1.29, 1.82) is 0 Å². The molecule has 0 heterocycles. The van der Waals surface area contributed by atoms with Gasteiger partial charge in [-0.2, -0.15) is 0 Å². The Morgan fingerprint density at radius 3 is 1.94 bits per heavy atom. The van der Waals surface area contributed by atoms with Gasteiger partial charge in [0.15, 0.2) is 0 Å². The maximum atomic E-state index is 12.5. The van der Waals surface area contributed by atoms with Crippen LogP contribution in [-0.2, 0) is 16.1 Å². The molecule has 1 aromatic rings. The van der Waals surface area contributed by atoms with Gasteiger partial charge < -0.3 is 20.5 Å². The zero-order valence-electron chi connectivity index (χ0n) is 21.4. The molecule has 1 rings (SSSR count). The highest BCUT2D eigenvalue weighted by atomic mass is 16.5. The molecule has 3 N–H and O–H groups in total. The maximum absolute atomic E-state index is 12.5. The summed E-state index contributed by atoms with van der Waals surface area (Å²) < 4.78 is 5.28. The Kier molecular flexibility index (Phi) is 18.9. The standard InChI is InChI=1S/C28H48N2O4/c1-2-3-4-5-6-7-8-9-10-11-12-13-17-21-26(27(32)29-22-18-23-31)30-28(33)34-24-25-19-15-14-16-20-25/h14-16,19-20,26,31H,2-13,17-18,21-24H2,1H3,(H,29,32)(H,30,33)/t26-/m0/s1. The molecular formula is C28H48N2O4. The maximum Gasteiger partial charge on any atom is 0.408 e. The summed E-state index contributed by atoms with van der Waals surface area (Å²) in [5.74, 6) is -0.218. The fourth-order valence-electron chi connectivity index (χ4n) is 3.96. The number of ether oxygens (including phenoxy) is 1. The average molecular weight is 477 g/mol. The number of hydrogen-bond acceptors (Lipinski definition) is 4. The fraction of sp³-hybridized carbons (Fsp3) is 0.714. The summed E-state index contributed by atoms with van der Waals surface area (Å²) in [6.45, 7) is 2.84. The van der Waals surface area contributed by atoms with Gasteiger partial charge in [0.25, 0.3) is 0 Å². The topological polar surface area (TPSA) is 87.7 Å². The molecule has 0 aromatic heterocycles. The van der Waals surface area contributed by atoms with Crippen molar-refractivity contribution < 1.29 is 19.4 Å². The number of carbonyl (C=O) groups excluding carboxylic acids is 2. The van der Waals surface area contributed by atoms with Crippen LogP contribution in [0, 0.1) is 0 Å². The molecule has 1 atom stereocenters. The minimum absolute atomic E-state index is 0.0242. The number of hydrogen-bond donors (Lipinski definition) is 3. The van der Waals surface area contributed by atoms with E-state index in [2.05, 4.69) is 17.6 Å². The Bertz CT molecular complexity index is 624. The lowest BCUT2D eigenvalue weighted by Gasteiger charge is -2.18. The second-order valence-corrected chi connectivity index (χ2v) is 9.16. The number of carbonyl (C=O) groups is 2. The normalized spacial score (nSPS) is 11.7. The number of aliphatic hydroxyl groups excluding tert-OH is 1. The number of amides is 2. The molecule has 0 fully saturated rings. The van der Waals surface area contributed by atoms with Gasteiger partial charge in [-0.15, -0.1) is 0 Å². The van der Waals surface area contributed by atoms with E-state index < -0.39 is 12.1 Å². The van der Waals surface area contributed by atoms with E-state index in [1.54, 1.807) is 0 Å². The van der Waals surface area contributed by atoms with Gasteiger partial charge in [-0.3, -0.25) is 4.79 Å². The summed E-state index contributed by atoms with van der Waals surface area (Å²) in [6.07, 6.45) is 17.0. The number of rotatable bonds is 21. The third kappa shape index (κ3) is 16.5. The van der Waals surface area contributed by atoms with Crippen molar-refractivity contribution in [3.63, 3.8) is 0 Å². The van der Waals surface area contributed by atoms with Gasteiger partial charge in [-0.05, 0) is 18.4 Å². The molecule has 34 heavy (non-hydrogen) atoms. The summed E-state index contributed by atoms with van der Waals surface area (Å²) >= 11 is 0. The number of unbranched alkanes of at least 4 members (excludes halogenated alkanes) is 12. The van der Waals surface area contributed by atoms with E-state index in [0.717, 1.165) is 24.8 Å². The third-order valence-electron chi connectivity index (χ3n) is 6.05. The smallest absolute Gasteiger partial charge is 0.408 e. The molecule has 0 radical (unpaired) electrons. The van der Waals surface area contributed by atoms with E-state index in [9.17, 15) is 9.59 Å². The van der Waals surface area contributed by atoms with E-state index in [1.807, 2.05) is 30.3 Å². The first-order valence-electron chi connectivity index (χ1n) is 13.5. The minimum Gasteiger partial charge on any atom is -0.445 e. The number of nitrogens with one attached hydrogen (secondary N) is 2. The van der Waals surface area contributed by atoms with Crippen LogP contribution < -0.4 is 10.6 Å². The first-order chi connectivity index (χ1) is 16.7. The second-order valence-electron chi connectivity index (χ2n) is 9.16. The van der Waals surface area contributed by atoms with Crippen molar-refractivity contribution in [2.75, 3.05) is 13.2 Å². The highest BCUT2D eigenvalue weighted by Gasteiger charge is 2.20. The largest absolute Gasteiger partial charge is 0.445 e. The lowest BCUT2D eigenvalue weighted by molar-refractivity contribution is -0.123. The van der Waals surface area contributed by atoms with Crippen LogP contribution in [0.3, 0.4) is 0 Å². The Hall–Kier alpha value is -2.08. The Morgan fingerprint density at radius 2 is 1.38 bits per heavy atom. The van der Waals surface area contributed by atoms with Crippen molar-refractivity contribution >= 4 is 12.0 Å². The zero-order valence-corrected chi connectivity index (χ0v) is 21.4. The van der Waals surface area contributed by atoms with Gasteiger partial charge in [-0.1, -0.05) is 121 Å². The molecule has 1 aromatic carbocycles. The summed E-state index contributed by atoms with van der Waals surface area (Å²) in [4.78, 5) is 24.8. The average Bonchev–Trinajstić information content (AvgIpc) is 2.85. The molecule has 0 unspecified atom stereocenters. The molecule has 6 heteroatoms. The van der Waals surface area contributed by atoms with Gasteiger partial charge in [0.05, 0.1) is 0 Å². The van der Waals surface area contributed by atoms with E-state index in [0.29, 0.717) is 19.4 Å². The second kappa shape index (κ2) is 21.5. The van der Waals surface area contributed by atoms with E-state index >= 15 is 0 Å². The zero-order chi connectivity index (χ0) is 24.7. The van der Waals surface area contributed by atoms with E-state index in [4.69, 9.17) is 9.84 Å². The number of benzene rings is 1. The van der Waals surface area contributed by atoms with Crippen LogP contribution in [0.4, 0.5) is 4.79 Å². The lowest BCUT2D eigenvalue weighted by atomic mass is 10.0. The van der Waals surface area contributed by atoms with Gasteiger partial charge in [0, 0.05) is 13.2 Å². The number of aliphatic hydroxyl groups is 1. The van der Waals surface area contributed by atoms with Gasteiger partial charge in [0.1, 0.15) is 12.6 Å². The van der Waals surface area contributed by atoms with Crippen LogP contribution in [0.5, 0.6) is 0 Å². The van der Waals surface area contributed by atoms with Gasteiger partial charge in [-0.25, -0.2) is 4.79 Å². The highest BCUT2D eigenvalue weighted by Crippen LogP contribution is 2.13. The van der Waals surface area contributed by atoms with E-state index in [-0.39, 0.29) is 19.1 Å². The summed E-state index contributed by atoms with van der Waals surface area (Å²) in [6, 6.07) is 8.85. The fourth-order valence-corrected chi connectivity index (χ4v) is 3.96. The summed E-state index contributed by atoms with van der Waals surface area (Å²) in [7, 11) is 0. The molecular weight excluding hydrogens is 428 g/mol. The minimum atomic E-state index is -0.616. The molecule has 0 aliphatic rings. The predicted octanol–water partition coefficient (Wildman–Crippen LogP) is 6.26. The third-order valence-corrected chi connectivity index (χ3v) is 6.05. The molecule has 194 valence electrons.